The lowest BCUT2D eigenvalue weighted by Gasteiger charge is -1.98. The topological polar surface area (TPSA) is 82.8 Å². The lowest BCUT2D eigenvalue weighted by molar-refractivity contribution is 0.469. The molecule has 1 atom stereocenters. The van der Waals surface area contributed by atoms with E-state index in [9.17, 15) is 0 Å². The molecule has 0 aliphatic rings. The van der Waals surface area contributed by atoms with Gasteiger partial charge < -0.3 is 10.2 Å². The maximum atomic E-state index is 5.97. The van der Waals surface area contributed by atoms with Crippen LogP contribution in [0.2, 0.25) is 5.02 Å². The summed E-state index contributed by atoms with van der Waals surface area (Å²) in [5, 5.41) is 8.64. The van der Waals surface area contributed by atoms with Crippen LogP contribution in [0.15, 0.2) is 41.1 Å². The van der Waals surface area contributed by atoms with Gasteiger partial charge in [-0.05, 0) is 19.1 Å². The van der Waals surface area contributed by atoms with E-state index in [-0.39, 0.29) is 6.04 Å². The third kappa shape index (κ3) is 3.12. The molecule has 0 saturated carbocycles. The number of hydrogen-bond donors (Lipinski definition) is 1. The van der Waals surface area contributed by atoms with Crippen molar-refractivity contribution < 1.29 is 4.42 Å². The van der Waals surface area contributed by atoms with Gasteiger partial charge in [0.1, 0.15) is 6.54 Å². The normalized spacial score (nSPS) is 12.5. The molecule has 3 aromatic rings. The summed E-state index contributed by atoms with van der Waals surface area (Å²) < 4.78 is 7.35. The zero-order chi connectivity index (χ0) is 14.8. The first-order valence-electron chi connectivity index (χ1n) is 6.48. The molecule has 0 aliphatic carbocycles. The van der Waals surface area contributed by atoms with E-state index in [1.165, 1.54) is 0 Å². The van der Waals surface area contributed by atoms with Crippen molar-refractivity contribution in [3.8, 4) is 11.3 Å². The lowest BCUT2D eigenvalue weighted by atomic mass is 10.2. The second kappa shape index (κ2) is 5.67. The number of rotatable bonds is 4. The molecule has 0 amide bonds. The summed E-state index contributed by atoms with van der Waals surface area (Å²) in [5.74, 6) is 1.21. The van der Waals surface area contributed by atoms with Gasteiger partial charge in [-0.1, -0.05) is 28.9 Å². The number of oxazole rings is 1. The average Bonchev–Trinajstić information content (AvgIpc) is 3.08. The van der Waals surface area contributed by atoms with Crippen molar-refractivity contribution in [2.24, 2.45) is 5.73 Å². The van der Waals surface area contributed by atoms with Crippen molar-refractivity contribution in [1.82, 2.24) is 20.0 Å². The van der Waals surface area contributed by atoms with E-state index < -0.39 is 0 Å². The summed E-state index contributed by atoms with van der Waals surface area (Å²) in [4.78, 5) is 4.24. The minimum atomic E-state index is -0.148. The highest BCUT2D eigenvalue weighted by Crippen LogP contribution is 2.23. The molecule has 21 heavy (non-hydrogen) atoms. The number of nitrogens with zero attached hydrogens (tertiary/aromatic N) is 4. The Morgan fingerprint density at radius 1 is 1.43 bits per heavy atom. The van der Waals surface area contributed by atoms with Crippen LogP contribution in [-0.2, 0) is 6.54 Å². The molecule has 6 nitrogen and oxygen atoms in total. The fourth-order valence-corrected chi connectivity index (χ4v) is 2.09. The molecule has 1 aromatic carbocycles. The number of nitrogens with two attached hydrogens (primary N) is 1. The van der Waals surface area contributed by atoms with Gasteiger partial charge in [-0.25, -0.2) is 9.67 Å². The lowest BCUT2D eigenvalue weighted by Crippen LogP contribution is -2.05. The third-order valence-corrected chi connectivity index (χ3v) is 3.22. The van der Waals surface area contributed by atoms with Gasteiger partial charge in [-0.2, -0.15) is 0 Å². The molecule has 2 heterocycles. The van der Waals surface area contributed by atoms with E-state index in [0.717, 1.165) is 11.3 Å². The van der Waals surface area contributed by atoms with Crippen LogP contribution >= 0.6 is 11.6 Å². The van der Waals surface area contributed by atoms with Gasteiger partial charge in [0.25, 0.3) is 0 Å². The molecular formula is C14H14ClN5O. The molecule has 2 aromatic heterocycles. The van der Waals surface area contributed by atoms with E-state index in [4.69, 9.17) is 21.8 Å². The Hall–Kier alpha value is -2.18. The van der Waals surface area contributed by atoms with Crippen molar-refractivity contribution in [3.63, 3.8) is 0 Å². The van der Waals surface area contributed by atoms with Crippen LogP contribution in [0, 0.1) is 0 Å². The predicted octanol–water partition coefficient (Wildman–Crippen LogP) is 2.65. The third-order valence-electron chi connectivity index (χ3n) is 2.98. The van der Waals surface area contributed by atoms with Crippen LogP contribution in [0.3, 0.4) is 0 Å². The first-order valence-corrected chi connectivity index (χ1v) is 6.86. The summed E-state index contributed by atoms with van der Waals surface area (Å²) >= 11 is 5.97. The monoisotopic (exact) mass is 303 g/mol. The number of aromatic nitrogens is 4. The SMILES string of the molecule is CC(N)c1cn(Cc2ncc(-c3cccc(Cl)c3)o2)nn1. The molecule has 0 aliphatic heterocycles. The van der Waals surface area contributed by atoms with E-state index in [0.29, 0.717) is 23.2 Å². The Balaban J connectivity index is 1.78. The van der Waals surface area contributed by atoms with Crippen molar-refractivity contribution in [2.75, 3.05) is 0 Å². The summed E-state index contributed by atoms with van der Waals surface area (Å²) in [7, 11) is 0. The molecule has 2 N–H and O–H groups in total. The molecule has 108 valence electrons. The molecule has 0 bridgehead atoms. The molecule has 3 rings (SSSR count). The van der Waals surface area contributed by atoms with Crippen molar-refractivity contribution in [1.29, 1.82) is 0 Å². The molecule has 0 spiro atoms. The largest absolute Gasteiger partial charge is 0.439 e. The summed E-state index contributed by atoms with van der Waals surface area (Å²) in [6.45, 7) is 2.26. The second-order valence-corrected chi connectivity index (χ2v) is 5.19. The van der Waals surface area contributed by atoms with E-state index in [1.54, 1.807) is 17.1 Å². The number of hydrogen-bond acceptors (Lipinski definition) is 5. The van der Waals surface area contributed by atoms with Gasteiger partial charge in [0.15, 0.2) is 5.76 Å². The Bertz CT molecular complexity index is 749. The maximum absolute atomic E-state index is 5.97. The fraction of sp³-hybridized carbons (Fsp3) is 0.214. The Labute approximate surface area is 126 Å². The fourth-order valence-electron chi connectivity index (χ4n) is 1.90. The predicted molar refractivity (Wildman–Crippen MR) is 78.7 cm³/mol. The summed E-state index contributed by atoms with van der Waals surface area (Å²) in [5.41, 5.74) is 7.37. The average molecular weight is 304 g/mol. The molecule has 1 unspecified atom stereocenters. The van der Waals surface area contributed by atoms with Gasteiger partial charge in [0.05, 0.1) is 18.1 Å². The molecule has 7 heteroatoms. The second-order valence-electron chi connectivity index (χ2n) is 4.76. The zero-order valence-electron chi connectivity index (χ0n) is 11.4. The maximum Gasteiger partial charge on any atom is 0.216 e. The van der Waals surface area contributed by atoms with Crippen molar-refractivity contribution >= 4 is 11.6 Å². The van der Waals surface area contributed by atoms with Crippen LogP contribution in [0.5, 0.6) is 0 Å². The van der Waals surface area contributed by atoms with Crippen LogP contribution in [0.1, 0.15) is 24.6 Å². The number of benzene rings is 1. The number of halogens is 1. The first-order chi connectivity index (χ1) is 10.1. The Morgan fingerprint density at radius 3 is 3.00 bits per heavy atom. The smallest absolute Gasteiger partial charge is 0.216 e. The van der Waals surface area contributed by atoms with Crippen LogP contribution in [-0.4, -0.2) is 20.0 Å². The Kier molecular flexibility index (Phi) is 3.72. The van der Waals surface area contributed by atoms with E-state index in [2.05, 4.69) is 15.3 Å². The van der Waals surface area contributed by atoms with Crippen molar-refractivity contribution in [2.45, 2.75) is 19.5 Å². The molecule has 0 fully saturated rings. The first kappa shape index (κ1) is 13.8. The van der Waals surface area contributed by atoms with Gasteiger partial charge >= 0.3 is 0 Å². The van der Waals surface area contributed by atoms with Crippen LogP contribution in [0.4, 0.5) is 0 Å². The van der Waals surface area contributed by atoms with Gasteiger partial charge in [-0.3, -0.25) is 0 Å². The van der Waals surface area contributed by atoms with Crippen molar-refractivity contribution in [3.05, 3.63) is 53.3 Å². The zero-order valence-corrected chi connectivity index (χ0v) is 12.2. The van der Waals surface area contributed by atoms with Gasteiger partial charge in [0, 0.05) is 16.6 Å². The molecular weight excluding hydrogens is 290 g/mol. The quantitative estimate of drug-likeness (QED) is 0.801. The Morgan fingerprint density at radius 2 is 2.29 bits per heavy atom. The molecule has 0 saturated heterocycles. The van der Waals surface area contributed by atoms with E-state index >= 15 is 0 Å². The highest BCUT2D eigenvalue weighted by atomic mass is 35.5. The van der Waals surface area contributed by atoms with Gasteiger partial charge in [0.2, 0.25) is 5.89 Å². The van der Waals surface area contributed by atoms with Crippen LogP contribution in [0.25, 0.3) is 11.3 Å². The summed E-state index contributed by atoms with van der Waals surface area (Å²) in [6, 6.07) is 7.28. The minimum Gasteiger partial charge on any atom is -0.439 e. The van der Waals surface area contributed by atoms with E-state index in [1.807, 2.05) is 31.2 Å². The minimum absolute atomic E-state index is 0.148. The standard InChI is InChI=1S/C14H14ClN5O/c1-9(16)12-7-20(19-18-12)8-14-17-6-13(21-14)10-3-2-4-11(15)5-10/h2-7,9H,8,16H2,1H3. The van der Waals surface area contributed by atoms with Crippen LogP contribution < -0.4 is 5.73 Å². The highest BCUT2D eigenvalue weighted by molar-refractivity contribution is 6.30. The highest BCUT2D eigenvalue weighted by Gasteiger charge is 2.10. The molecule has 0 radical (unpaired) electrons. The summed E-state index contributed by atoms with van der Waals surface area (Å²) in [6.07, 6.45) is 3.46. The van der Waals surface area contributed by atoms with Gasteiger partial charge in [-0.15, -0.1) is 5.10 Å².